The average molecular weight is 1140 g/mol. The predicted octanol–water partition coefficient (Wildman–Crippen LogP) is 23.7. The molecule has 0 aromatic rings. The summed E-state index contributed by atoms with van der Waals surface area (Å²) in [5.41, 5.74) is 0. The molecular weight excluding hydrogens is 1010 g/mol. The third-order valence-electron chi connectivity index (χ3n) is 14.4. The quantitative estimate of drug-likeness (QED) is 0.0261. The van der Waals surface area contributed by atoms with Gasteiger partial charge in [0.1, 0.15) is 13.2 Å². The Morgan fingerprint density at radius 1 is 0.256 bits per heavy atom. The molecule has 0 N–H and O–H groups in total. The summed E-state index contributed by atoms with van der Waals surface area (Å²) in [6.07, 6.45) is 97.5. The first-order chi connectivity index (χ1) is 40.5. The molecule has 82 heavy (non-hydrogen) atoms. The van der Waals surface area contributed by atoms with Gasteiger partial charge in [0.25, 0.3) is 0 Å². The molecule has 0 spiro atoms. The van der Waals surface area contributed by atoms with Gasteiger partial charge in [0.15, 0.2) is 6.10 Å². The Morgan fingerprint density at radius 3 is 0.768 bits per heavy atom. The molecule has 1 atom stereocenters. The maximum atomic E-state index is 12.9. The fourth-order valence-electron chi connectivity index (χ4n) is 9.36. The minimum atomic E-state index is -0.807. The lowest BCUT2D eigenvalue weighted by atomic mass is 10.0. The molecule has 0 aliphatic carbocycles. The summed E-state index contributed by atoms with van der Waals surface area (Å²) in [7, 11) is 0. The van der Waals surface area contributed by atoms with E-state index in [0.717, 1.165) is 122 Å². The van der Waals surface area contributed by atoms with Gasteiger partial charge < -0.3 is 14.2 Å². The van der Waals surface area contributed by atoms with Crippen LogP contribution in [0.15, 0.2) is 134 Å². The minimum absolute atomic E-state index is 0.0969. The van der Waals surface area contributed by atoms with Crippen molar-refractivity contribution in [2.24, 2.45) is 0 Å². The standard InChI is InChI=1S/C76H126O6/c1-4-7-10-13-16-19-22-25-28-31-33-35-36-37-38-39-40-42-43-45-48-51-54-57-60-63-66-69-75(78)81-72-73(71-80-74(77)68-65-62-59-56-53-50-47-30-27-24-21-18-15-12-9-6-3)82-76(79)70-67-64-61-58-55-52-49-46-44-41-34-32-29-26-23-20-17-14-11-8-5-2/h7-8,10-11,16-17,19-20,25-26,28-29,33-35,37-38,41,46,49,55,58,73H,4-6,9,12-15,18,21-24,27,30-32,36,39-40,42-45,47-48,50-54,56-57,59-72H2,1-3H3/b10-7-,11-8-,19-16-,20-17-,28-25-,29-26-,35-33-,38-37-,41-34-,49-46-,58-55-. The zero-order chi connectivity index (χ0) is 59.2. The number of carbonyl (C=O) groups is 3. The molecule has 0 aliphatic rings. The van der Waals surface area contributed by atoms with Crippen molar-refractivity contribution in [3.8, 4) is 0 Å². The van der Waals surface area contributed by atoms with Crippen LogP contribution >= 0.6 is 0 Å². The zero-order valence-electron chi connectivity index (χ0n) is 53.5. The maximum Gasteiger partial charge on any atom is 0.306 e. The van der Waals surface area contributed by atoms with E-state index in [2.05, 4.69) is 154 Å². The molecule has 1 unspecified atom stereocenters. The van der Waals surface area contributed by atoms with Crippen molar-refractivity contribution in [2.75, 3.05) is 13.2 Å². The average Bonchev–Trinajstić information content (AvgIpc) is 3.47. The molecule has 0 aromatic carbocycles. The van der Waals surface area contributed by atoms with E-state index in [4.69, 9.17) is 14.2 Å². The van der Waals surface area contributed by atoms with Crippen LogP contribution in [0, 0.1) is 0 Å². The largest absolute Gasteiger partial charge is 0.462 e. The number of hydrogen-bond acceptors (Lipinski definition) is 6. The number of allylic oxidation sites excluding steroid dienone is 22. The van der Waals surface area contributed by atoms with Crippen LogP contribution in [-0.4, -0.2) is 37.2 Å². The van der Waals surface area contributed by atoms with E-state index in [1.54, 1.807) is 0 Å². The predicted molar refractivity (Wildman–Crippen MR) is 357 cm³/mol. The summed E-state index contributed by atoms with van der Waals surface area (Å²) in [6, 6.07) is 0. The van der Waals surface area contributed by atoms with Gasteiger partial charge in [-0.1, -0.05) is 309 Å². The first-order valence-electron chi connectivity index (χ1n) is 34.2. The van der Waals surface area contributed by atoms with Gasteiger partial charge in [-0.3, -0.25) is 14.4 Å². The van der Waals surface area contributed by atoms with E-state index in [1.165, 1.54) is 141 Å². The van der Waals surface area contributed by atoms with Crippen molar-refractivity contribution in [3.05, 3.63) is 134 Å². The van der Waals surface area contributed by atoms with Crippen LogP contribution in [0.4, 0.5) is 0 Å². The van der Waals surface area contributed by atoms with Gasteiger partial charge in [-0.2, -0.15) is 0 Å². The fourth-order valence-corrected chi connectivity index (χ4v) is 9.36. The highest BCUT2D eigenvalue weighted by molar-refractivity contribution is 5.71. The normalized spacial score (nSPS) is 13.0. The Hall–Kier alpha value is -4.45. The van der Waals surface area contributed by atoms with E-state index < -0.39 is 6.10 Å². The zero-order valence-corrected chi connectivity index (χ0v) is 53.5. The smallest absolute Gasteiger partial charge is 0.306 e. The lowest BCUT2D eigenvalue weighted by molar-refractivity contribution is -0.167. The Kier molecular flexibility index (Phi) is 65.3. The van der Waals surface area contributed by atoms with Crippen molar-refractivity contribution < 1.29 is 28.6 Å². The van der Waals surface area contributed by atoms with Gasteiger partial charge in [0.2, 0.25) is 0 Å². The monoisotopic (exact) mass is 1130 g/mol. The second kappa shape index (κ2) is 69.0. The Bertz CT molecular complexity index is 1730. The molecule has 0 fully saturated rings. The van der Waals surface area contributed by atoms with Gasteiger partial charge in [-0.05, 0) is 116 Å². The Labute approximate surface area is 506 Å². The summed E-state index contributed by atoms with van der Waals surface area (Å²) < 4.78 is 16.9. The molecular formula is C76H126O6. The van der Waals surface area contributed by atoms with E-state index in [0.29, 0.717) is 19.3 Å². The van der Waals surface area contributed by atoms with Gasteiger partial charge in [0, 0.05) is 19.3 Å². The SMILES string of the molecule is CC/C=C\C/C=C\C/C=C\C/C=C\C/C=C\C/C=C\CCCCC(=O)OC(COC(=O)CCCCCCCCCCCCC/C=C\C/C=C\C/C=C\C/C=C\C/C=C\CC)COC(=O)CCCCCCCCCCCCCCCCCC. The Morgan fingerprint density at radius 2 is 0.476 bits per heavy atom. The van der Waals surface area contributed by atoms with Crippen LogP contribution < -0.4 is 0 Å². The van der Waals surface area contributed by atoms with Crippen LogP contribution in [-0.2, 0) is 28.6 Å². The summed E-state index contributed by atoms with van der Waals surface area (Å²) in [5, 5.41) is 0. The molecule has 0 radical (unpaired) electrons. The highest BCUT2D eigenvalue weighted by Gasteiger charge is 2.19. The first-order valence-corrected chi connectivity index (χ1v) is 34.2. The van der Waals surface area contributed by atoms with Crippen LogP contribution in [0.1, 0.15) is 310 Å². The van der Waals surface area contributed by atoms with Crippen LogP contribution in [0.5, 0.6) is 0 Å². The molecule has 466 valence electrons. The van der Waals surface area contributed by atoms with Crippen molar-refractivity contribution in [1.82, 2.24) is 0 Å². The topological polar surface area (TPSA) is 78.9 Å². The number of unbranched alkanes of at least 4 members (excludes halogenated alkanes) is 28. The first kappa shape index (κ1) is 77.5. The number of hydrogen-bond donors (Lipinski definition) is 0. The number of rotatable bonds is 61. The Balaban J connectivity index is 4.42. The molecule has 0 saturated heterocycles. The molecule has 0 aliphatic heterocycles. The number of esters is 3. The minimum Gasteiger partial charge on any atom is -0.462 e. The van der Waals surface area contributed by atoms with Gasteiger partial charge >= 0.3 is 17.9 Å². The molecule has 0 amide bonds. The second-order valence-electron chi connectivity index (χ2n) is 22.3. The highest BCUT2D eigenvalue weighted by atomic mass is 16.6. The van der Waals surface area contributed by atoms with Crippen molar-refractivity contribution in [1.29, 1.82) is 0 Å². The summed E-state index contributed by atoms with van der Waals surface area (Å²) in [6.45, 7) is 6.40. The lowest BCUT2D eigenvalue weighted by Gasteiger charge is -2.18. The summed E-state index contributed by atoms with van der Waals surface area (Å²) >= 11 is 0. The van der Waals surface area contributed by atoms with Gasteiger partial charge in [-0.15, -0.1) is 0 Å². The van der Waals surface area contributed by atoms with Gasteiger partial charge in [0.05, 0.1) is 0 Å². The lowest BCUT2D eigenvalue weighted by Crippen LogP contribution is -2.30. The number of ether oxygens (including phenoxy) is 3. The number of carbonyl (C=O) groups excluding carboxylic acids is 3. The highest BCUT2D eigenvalue weighted by Crippen LogP contribution is 2.16. The molecule has 0 aromatic heterocycles. The fraction of sp³-hybridized carbons (Fsp3) is 0.671. The molecule has 0 saturated carbocycles. The molecule has 6 heteroatoms. The third-order valence-corrected chi connectivity index (χ3v) is 14.4. The summed E-state index contributed by atoms with van der Waals surface area (Å²) in [5.74, 6) is -0.935. The van der Waals surface area contributed by atoms with Crippen molar-refractivity contribution >= 4 is 17.9 Å². The van der Waals surface area contributed by atoms with Crippen molar-refractivity contribution in [2.45, 2.75) is 316 Å². The van der Waals surface area contributed by atoms with Crippen LogP contribution in [0.2, 0.25) is 0 Å². The molecule has 0 bridgehead atoms. The molecule has 0 heterocycles. The third kappa shape index (κ3) is 66.4. The molecule has 0 rings (SSSR count). The van der Waals surface area contributed by atoms with Crippen molar-refractivity contribution in [3.63, 3.8) is 0 Å². The van der Waals surface area contributed by atoms with E-state index in [-0.39, 0.29) is 37.5 Å². The van der Waals surface area contributed by atoms with Crippen LogP contribution in [0.3, 0.4) is 0 Å². The molecule has 6 nitrogen and oxygen atoms in total. The van der Waals surface area contributed by atoms with E-state index in [9.17, 15) is 14.4 Å². The van der Waals surface area contributed by atoms with Gasteiger partial charge in [-0.25, -0.2) is 0 Å². The second-order valence-corrected chi connectivity index (χ2v) is 22.3. The van der Waals surface area contributed by atoms with E-state index >= 15 is 0 Å². The van der Waals surface area contributed by atoms with Crippen LogP contribution in [0.25, 0.3) is 0 Å². The summed E-state index contributed by atoms with van der Waals surface area (Å²) in [4.78, 5) is 38.4. The van der Waals surface area contributed by atoms with E-state index in [1.807, 2.05) is 0 Å². The maximum absolute atomic E-state index is 12.9.